The van der Waals surface area contributed by atoms with Crippen LogP contribution in [-0.2, 0) is 11.3 Å². The quantitative estimate of drug-likeness (QED) is 0.761. The van der Waals surface area contributed by atoms with Crippen molar-refractivity contribution < 1.29 is 9.59 Å². The van der Waals surface area contributed by atoms with Gasteiger partial charge in [0.25, 0.3) is 5.91 Å². The molecule has 1 aromatic carbocycles. The largest absolute Gasteiger partial charge is 0.342 e. The molecule has 1 aliphatic rings. The van der Waals surface area contributed by atoms with E-state index in [2.05, 4.69) is 9.97 Å². The Hall–Kier alpha value is -2.96. The second kappa shape index (κ2) is 7.74. The molecule has 2 aromatic rings. The van der Waals surface area contributed by atoms with E-state index in [9.17, 15) is 9.59 Å². The maximum absolute atomic E-state index is 12.6. The Morgan fingerprint density at radius 3 is 2.56 bits per heavy atom. The summed E-state index contributed by atoms with van der Waals surface area (Å²) in [5.74, 6) is 0.392. The van der Waals surface area contributed by atoms with E-state index in [0.717, 1.165) is 12.0 Å². The van der Waals surface area contributed by atoms with Crippen molar-refractivity contribution in [3.63, 3.8) is 0 Å². The molecule has 0 aliphatic carbocycles. The van der Waals surface area contributed by atoms with Gasteiger partial charge in [0.15, 0.2) is 0 Å². The fraction of sp³-hybridized carbons (Fsp3) is 0.333. The first-order chi connectivity index (χ1) is 12.2. The minimum absolute atomic E-state index is 0.140. The first kappa shape index (κ1) is 16.9. The second-order valence-electron chi connectivity index (χ2n) is 6.02. The van der Waals surface area contributed by atoms with Crippen molar-refractivity contribution >= 4 is 18.3 Å². The van der Waals surface area contributed by atoms with E-state index >= 15 is 0 Å². The summed E-state index contributed by atoms with van der Waals surface area (Å²) >= 11 is 0. The van der Waals surface area contributed by atoms with Crippen LogP contribution < -0.4 is 4.90 Å². The van der Waals surface area contributed by atoms with Crippen molar-refractivity contribution in [2.75, 3.05) is 38.1 Å². The van der Waals surface area contributed by atoms with Gasteiger partial charge in [0, 0.05) is 46.0 Å². The Balaban J connectivity index is 1.68. The molecule has 2 amide bonds. The molecule has 0 bridgehead atoms. The normalized spacial score (nSPS) is 14.3. The lowest BCUT2D eigenvalue weighted by Gasteiger charge is -2.32. The van der Waals surface area contributed by atoms with E-state index in [-0.39, 0.29) is 5.91 Å². The summed E-state index contributed by atoms with van der Waals surface area (Å²) in [7, 11) is 1.76. The maximum atomic E-state index is 12.6. The van der Waals surface area contributed by atoms with Gasteiger partial charge in [-0.25, -0.2) is 9.97 Å². The van der Waals surface area contributed by atoms with E-state index in [1.54, 1.807) is 29.1 Å². The molecule has 7 nitrogen and oxygen atoms in total. The van der Waals surface area contributed by atoms with Crippen molar-refractivity contribution in [1.29, 1.82) is 0 Å². The van der Waals surface area contributed by atoms with Gasteiger partial charge in [-0.1, -0.05) is 30.3 Å². The van der Waals surface area contributed by atoms with E-state index in [4.69, 9.17) is 0 Å². The molecule has 0 atom stereocenters. The second-order valence-corrected chi connectivity index (χ2v) is 6.02. The number of carbonyl (C=O) groups is 2. The van der Waals surface area contributed by atoms with Crippen LogP contribution in [-0.4, -0.2) is 65.3 Å². The van der Waals surface area contributed by atoms with Crippen molar-refractivity contribution in [2.45, 2.75) is 6.54 Å². The molecule has 1 saturated heterocycles. The van der Waals surface area contributed by atoms with E-state index in [1.807, 2.05) is 35.2 Å². The average molecular weight is 339 g/mol. The number of amides is 2. The number of hydrogen-bond acceptors (Lipinski definition) is 5. The molecule has 3 rings (SSSR count). The number of rotatable bonds is 5. The van der Waals surface area contributed by atoms with Gasteiger partial charge in [0.05, 0.1) is 0 Å². The molecule has 1 aliphatic heterocycles. The predicted octanol–water partition coefficient (Wildman–Crippen LogP) is 1.03. The highest BCUT2D eigenvalue weighted by Gasteiger charge is 2.20. The summed E-state index contributed by atoms with van der Waals surface area (Å²) in [6.07, 6.45) is 2.47. The Bertz CT molecular complexity index is 729. The highest BCUT2D eigenvalue weighted by molar-refractivity contribution is 5.92. The molecule has 2 heterocycles. The van der Waals surface area contributed by atoms with Crippen LogP contribution in [0.3, 0.4) is 0 Å². The summed E-state index contributed by atoms with van der Waals surface area (Å²) in [6.45, 7) is 3.13. The van der Waals surface area contributed by atoms with Crippen LogP contribution in [0.15, 0.2) is 42.6 Å². The van der Waals surface area contributed by atoms with Crippen molar-refractivity contribution in [3.05, 3.63) is 53.9 Å². The standard InChI is InChI=1S/C18H21N5O2/c1-21(13-15-5-3-2-4-6-15)17(25)16-7-8-19-18(20-16)23-11-9-22(14-24)10-12-23/h2-8,14H,9-13H2,1H3. The van der Waals surface area contributed by atoms with Crippen LogP contribution in [0.4, 0.5) is 5.95 Å². The smallest absolute Gasteiger partial charge is 0.272 e. The molecule has 25 heavy (non-hydrogen) atoms. The summed E-state index contributed by atoms with van der Waals surface area (Å²) in [5, 5.41) is 0. The average Bonchev–Trinajstić information content (AvgIpc) is 2.68. The molecule has 1 aromatic heterocycles. The van der Waals surface area contributed by atoms with Crippen LogP contribution >= 0.6 is 0 Å². The van der Waals surface area contributed by atoms with Crippen LogP contribution in [0.2, 0.25) is 0 Å². The monoisotopic (exact) mass is 339 g/mol. The lowest BCUT2D eigenvalue weighted by atomic mass is 10.2. The van der Waals surface area contributed by atoms with Crippen LogP contribution in [0, 0.1) is 0 Å². The third kappa shape index (κ3) is 4.12. The minimum Gasteiger partial charge on any atom is -0.342 e. The van der Waals surface area contributed by atoms with Gasteiger partial charge in [-0.3, -0.25) is 9.59 Å². The lowest BCUT2D eigenvalue weighted by molar-refractivity contribution is -0.118. The Morgan fingerprint density at radius 2 is 1.88 bits per heavy atom. The minimum atomic E-state index is -0.140. The first-order valence-corrected chi connectivity index (χ1v) is 8.24. The van der Waals surface area contributed by atoms with E-state index in [0.29, 0.717) is 44.4 Å². The number of benzene rings is 1. The zero-order valence-corrected chi connectivity index (χ0v) is 14.2. The molecule has 1 fully saturated rings. The van der Waals surface area contributed by atoms with Gasteiger partial charge in [-0.15, -0.1) is 0 Å². The lowest BCUT2D eigenvalue weighted by Crippen LogP contribution is -2.46. The van der Waals surface area contributed by atoms with Crippen molar-refractivity contribution in [1.82, 2.24) is 19.8 Å². The summed E-state index contributed by atoms with van der Waals surface area (Å²) in [4.78, 5) is 37.5. The third-order valence-electron chi connectivity index (χ3n) is 4.22. The van der Waals surface area contributed by atoms with Crippen LogP contribution in [0.25, 0.3) is 0 Å². The van der Waals surface area contributed by atoms with Crippen molar-refractivity contribution in [2.24, 2.45) is 0 Å². The molecular weight excluding hydrogens is 318 g/mol. The van der Waals surface area contributed by atoms with Gasteiger partial charge in [0.1, 0.15) is 5.69 Å². The van der Waals surface area contributed by atoms with Gasteiger partial charge in [0.2, 0.25) is 12.4 Å². The summed E-state index contributed by atoms with van der Waals surface area (Å²) < 4.78 is 0. The first-order valence-electron chi connectivity index (χ1n) is 8.24. The maximum Gasteiger partial charge on any atom is 0.272 e. The molecule has 0 spiro atoms. The van der Waals surface area contributed by atoms with E-state index < -0.39 is 0 Å². The number of aromatic nitrogens is 2. The summed E-state index contributed by atoms with van der Waals surface area (Å²) in [6, 6.07) is 11.5. The fourth-order valence-corrected chi connectivity index (χ4v) is 2.77. The number of piperazine rings is 1. The molecule has 0 N–H and O–H groups in total. The zero-order valence-electron chi connectivity index (χ0n) is 14.2. The Labute approximate surface area is 146 Å². The van der Waals surface area contributed by atoms with Gasteiger partial charge < -0.3 is 14.7 Å². The zero-order chi connectivity index (χ0) is 17.6. The number of carbonyl (C=O) groups excluding carboxylic acids is 2. The molecular formula is C18H21N5O2. The molecule has 0 radical (unpaired) electrons. The van der Waals surface area contributed by atoms with Gasteiger partial charge >= 0.3 is 0 Å². The highest BCUT2D eigenvalue weighted by atomic mass is 16.2. The number of anilines is 1. The topological polar surface area (TPSA) is 69.6 Å². The van der Waals surface area contributed by atoms with Crippen LogP contribution in [0.5, 0.6) is 0 Å². The van der Waals surface area contributed by atoms with Crippen molar-refractivity contribution in [3.8, 4) is 0 Å². The predicted molar refractivity (Wildman–Crippen MR) is 94.1 cm³/mol. The molecule has 130 valence electrons. The third-order valence-corrected chi connectivity index (χ3v) is 4.22. The fourth-order valence-electron chi connectivity index (χ4n) is 2.77. The number of nitrogens with zero attached hydrogens (tertiary/aromatic N) is 5. The number of hydrogen-bond donors (Lipinski definition) is 0. The highest BCUT2D eigenvalue weighted by Crippen LogP contribution is 2.12. The SMILES string of the molecule is CN(Cc1ccccc1)C(=O)c1ccnc(N2CCN(C=O)CC2)n1. The van der Waals surface area contributed by atoms with E-state index in [1.165, 1.54) is 0 Å². The summed E-state index contributed by atoms with van der Waals surface area (Å²) in [5.41, 5.74) is 1.44. The Kier molecular flexibility index (Phi) is 5.23. The molecule has 0 unspecified atom stereocenters. The van der Waals surface area contributed by atoms with Gasteiger partial charge in [-0.05, 0) is 11.6 Å². The molecule has 7 heteroatoms. The molecule has 0 saturated carbocycles. The van der Waals surface area contributed by atoms with Crippen LogP contribution in [0.1, 0.15) is 16.1 Å². The van der Waals surface area contributed by atoms with Gasteiger partial charge in [-0.2, -0.15) is 0 Å². The Morgan fingerprint density at radius 1 is 1.16 bits per heavy atom.